The second kappa shape index (κ2) is 43.9. The number of hydrogen-bond acceptors (Lipinski definition) is 23. The van der Waals surface area contributed by atoms with E-state index < -0.39 is 107 Å². The van der Waals surface area contributed by atoms with E-state index in [9.17, 15) is 53.7 Å². The number of amides is 4. The number of nitrogens with one attached hydrogen (secondary N) is 1. The zero-order chi connectivity index (χ0) is 80.9. The SMILES string of the molecule is CC(C)(C)OC(=O)CN1CCN(CC(=O)OC(C)(C)C)CCN(CC(=O)N(CC(=O)NCCN(CC(=O)OC(C)(C)C)C(=O)CN(C(=O)CN2CCN(CC(=O)O)CCN(CC(=O)O)CCN(CC(=O)O)CC2)c2ccc(C3CCCCC3)cc2)c2ccc(C3CCCCC3)cc2)CCN(CC(=O)OC(C)(C)C)CC1. The number of carbonyl (C=O) groups excluding carboxylic acids is 8. The Kier molecular flexibility index (Phi) is 36.4. The van der Waals surface area contributed by atoms with E-state index in [1.54, 1.807) is 115 Å². The molecule has 2 saturated carbocycles. The van der Waals surface area contributed by atoms with Crippen molar-refractivity contribution in [2.75, 3.05) is 200 Å². The van der Waals surface area contributed by atoms with Gasteiger partial charge in [-0.05, 0) is 156 Å². The van der Waals surface area contributed by atoms with Gasteiger partial charge in [-0.3, -0.25) is 91.9 Å². The summed E-state index contributed by atoms with van der Waals surface area (Å²) in [5.41, 5.74) is -0.227. The Hall–Kier alpha value is -7.71. The van der Waals surface area contributed by atoms with Gasteiger partial charge in [-0.1, -0.05) is 62.8 Å². The van der Waals surface area contributed by atoms with Crippen molar-refractivity contribution >= 4 is 76.8 Å². The van der Waals surface area contributed by atoms with Gasteiger partial charge in [0.1, 0.15) is 42.0 Å². The Bertz CT molecular complexity index is 3240. The molecular weight excluding hydrogens is 1420 g/mol. The summed E-state index contributed by atoms with van der Waals surface area (Å²) >= 11 is 0. The first-order valence-electron chi connectivity index (χ1n) is 39.4. The van der Waals surface area contributed by atoms with Crippen LogP contribution < -0.4 is 15.1 Å². The van der Waals surface area contributed by atoms with Crippen molar-refractivity contribution < 1.29 is 87.0 Å². The van der Waals surface area contributed by atoms with Gasteiger partial charge in [0.15, 0.2) is 0 Å². The molecule has 2 aromatic carbocycles. The molecule has 0 radical (unpaired) electrons. The van der Waals surface area contributed by atoms with E-state index in [2.05, 4.69) is 5.32 Å². The summed E-state index contributed by atoms with van der Waals surface area (Å²) in [5, 5.41) is 32.5. The third kappa shape index (κ3) is 35.8. The molecule has 0 spiro atoms. The highest BCUT2D eigenvalue weighted by molar-refractivity contribution is 6.01. The van der Waals surface area contributed by atoms with Crippen molar-refractivity contribution in [2.45, 2.75) is 182 Å². The Morgan fingerprint density at radius 2 is 0.609 bits per heavy atom. The molecule has 616 valence electrons. The predicted octanol–water partition coefficient (Wildman–Crippen LogP) is 5.16. The van der Waals surface area contributed by atoms with Crippen LogP contribution in [0.2, 0.25) is 0 Å². The van der Waals surface area contributed by atoms with Crippen molar-refractivity contribution in [2.24, 2.45) is 0 Å². The molecular formula is C80H128N12O18. The first kappa shape index (κ1) is 91.2. The fourth-order valence-electron chi connectivity index (χ4n) is 14.2. The predicted molar refractivity (Wildman–Crippen MR) is 417 cm³/mol. The molecule has 4 fully saturated rings. The van der Waals surface area contributed by atoms with Crippen molar-refractivity contribution in [3.05, 3.63) is 59.7 Å². The maximum Gasteiger partial charge on any atom is 0.326 e. The van der Waals surface area contributed by atoms with E-state index in [-0.39, 0.29) is 144 Å². The Labute approximate surface area is 651 Å². The molecule has 0 bridgehead atoms. The van der Waals surface area contributed by atoms with E-state index in [1.807, 2.05) is 56.0 Å². The first-order valence-corrected chi connectivity index (χ1v) is 39.4. The van der Waals surface area contributed by atoms with E-state index in [0.29, 0.717) is 49.4 Å². The van der Waals surface area contributed by atoms with E-state index in [4.69, 9.17) is 18.9 Å². The maximum absolute atomic E-state index is 15.4. The lowest BCUT2D eigenvalue weighted by molar-refractivity contribution is -0.159. The topological polar surface area (TPSA) is 333 Å². The second-order valence-electron chi connectivity index (χ2n) is 33.7. The van der Waals surface area contributed by atoms with Gasteiger partial charge in [0.05, 0.1) is 52.4 Å². The lowest BCUT2D eigenvalue weighted by Crippen LogP contribution is -2.52. The minimum atomic E-state index is -1.11. The summed E-state index contributed by atoms with van der Waals surface area (Å²) in [6.07, 6.45) is 10.7. The maximum atomic E-state index is 15.4. The molecule has 4 aliphatic rings. The minimum absolute atomic E-state index is 0.0486. The number of benzene rings is 2. The van der Waals surface area contributed by atoms with Gasteiger partial charge < -0.3 is 54.3 Å². The smallest absolute Gasteiger partial charge is 0.326 e. The van der Waals surface area contributed by atoms with Crippen LogP contribution in [0.1, 0.15) is 170 Å². The second-order valence-corrected chi connectivity index (χ2v) is 33.7. The molecule has 2 aromatic rings. The van der Waals surface area contributed by atoms with Gasteiger partial charge in [-0.2, -0.15) is 0 Å². The van der Waals surface area contributed by atoms with Crippen LogP contribution in [-0.2, 0) is 71.7 Å². The highest BCUT2D eigenvalue weighted by Crippen LogP contribution is 2.35. The molecule has 6 rings (SSSR count). The summed E-state index contributed by atoms with van der Waals surface area (Å²) in [6, 6.07) is 15.2. The molecule has 30 heteroatoms. The van der Waals surface area contributed by atoms with Crippen molar-refractivity contribution in [1.29, 1.82) is 0 Å². The lowest BCUT2D eigenvalue weighted by atomic mass is 9.84. The van der Waals surface area contributed by atoms with Crippen molar-refractivity contribution in [3.8, 4) is 0 Å². The summed E-state index contributed by atoms with van der Waals surface area (Å²) in [5.74, 6) is -7.03. The summed E-state index contributed by atoms with van der Waals surface area (Å²) in [7, 11) is 0. The number of nitrogens with zero attached hydrogens (tertiary/aromatic N) is 11. The van der Waals surface area contributed by atoms with Gasteiger partial charge in [0.25, 0.3) is 0 Å². The molecule has 2 heterocycles. The molecule has 0 unspecified atom stereocenters. The van der Waals surface area contributed by atoms with Crippen LogP contribution >= 0.6 is 0 Å². The van der Waals surface area contributed by atoms with Gasteiger partial charge in [0, 0.05) is 129 Å². The number of aliphatic carboxylic acids is 3. The number of carboxylic acid groups (broad SMARTS) is 3. The molecule has 30 nitrogen and oxygen atoms in total. The van der Waals surface area contributed by atoms with E-state index >= 15 is 14.4 Å². The molecule has 110 heavy (non-hydrogen) atoms. The zero-order valence-corrected chi connectivity index (χ0v) is 67.7. The van der Waals surface area contributed by atoms with Crippen molar-refractivity contribution in [3.63, 3.8) is 0 Å². The molecule has 2 saturated heterocycles. The van der Waals surface area contributed by atoms with E-state index in [1.165, 1.54) is 14.7 Å². The highest BCUT2D eigenvalue weighted by atomic mass is 16.6. The van der Waals surface area contributed by atoms with Gasteiger partial charge in [-0.15, -0.1) is 0 Å². The van der Waals surface area contributed by atoms with Crippen LogP contribution in [-0.4, -0.2) is 337 Å². The summed E-state index contributed by atoms with van der Waals surface area (Å²) in [6.45, 7) is 20.8. The van der Waals surface area contributed by atoms with Crippen LogP contribution in [0.25, 0.3) is 0 Å². The van der Waals surface area contributed by atoms with Crippen molar-refractivity contribution in [1.82, 2.24) is 49.4 Å². The monoisotopic (exact) mass is 1540 g/mol. The van der Waals surface area contributed by atoms with Crippen LogP contribution in [0.5, 0.6) is 0 Å². The normalized spacial score (nSPS) is 18.2. The third-order valence-corrected chi connectivity index (χ3v) is 19.5. The number of hydrogen-bond donors (Lipinski definition) is 4. The highest BCUT2D eigenvalue weighted by Gasteiger charge is 2.33. The molecule has 2 aliphatic heterocycles. The number of carboxylic acids is 3. The average Bonchev–Trinajstić information content (AvgIpc) is 0.840. The average molecular weight is 1550 g/mol. The Morgan fingerprint density at radius 3 is 0.891 bits per heavy atom. The van der Waals surface area contributed by atoms with Crippen LogP contribution in [0.4, 0.5) is 11.4 Å². The Balaban J connectivity index is 1.30. The fourth-order valence-corrected chi connectivity index (χ4v) is 14.2. The minimum Gasteiger partial charge on any atom is -0.480 e. The van der Waals surface area contributed by atoms with Crippen LogP contribution in [0.3, 0.4) is 0 Å². The fraction of sp³-hybridized carbons (Fsp3) is 0.713. The molecule has 2 aliphatic carbocycles. The Morgan fingerprint density at radius 1 is 0.345 bits per heavy atom. The van der Waals surface area contributed by atoms with Crippen LogP contribution in [0.15, 0.2) is 48.5 Å². The number of ether oxygens (including phenoxy) is 4. The largest absolute Gasteiger partial charge is 0.480 e. The first-order chi connectivity index (χ1) is 51.7. The van der Waals surface area contributed by atoms with E-state index in [0.717, 1.165) is 75.3 Å². The summed E-state index contributed by atoms with van der Waals surface area (Å²) in [4.78, 5) is 170. The lowest BCUT2D eigenvalue weighted by Gasteiger charge is -2.35. The molecule has 4 N–H and O–H groups in total. The molecule has 0 atom stereocenters. The third-order valence-electron chi connectivity index (χ3n) is 19.5. The quantitative estimate of drug-likeness (QED) is 0.0604. The standard InChI is InChI=1S/C80H128N12O18/c1-77(2,3)107-73(103)56-87-43-35-83(36-44-88(57-74(104)108-78(4,5)6)46-48-89(47-45-87)58-75(105)109-79(7,8)9)50-68(95)91(64-27-23-62(24-28-64)60-19-15-13-16-20-60)49-66(93)81-31-32-90(59-76(106)110-80(10,11)12)67(94)52-92(65-29-25-63(26-30-65)61-21-17-14-18-22-61)69(96)51-82-33-37-84(53-70(97)98)39-41-86(55-72(101)102)42-40-85(38-34-82)54-71(99)100/h23-30,60-61H,13-22,31-59H2,1-12H3,(H,81,93)(H,97,98)(H,99,100)(H,101,102). The van der Waals surface area contributed by atoms with Gasteiger partial charge in [-0.25, -0.2) is 0 Å². The zero-order valence-electron chi connectivity index (χ0n) is 67.7. The van der Waals surface area contributed by atoms with Gasteiger partial charge >= 0.3 is 41.8 Å². The molecule has 4 amide bonds. The number of rotatable bonds is 29. The number of esters is 4. The number of carbonyl (C=O) groups is 11. The number of anilines is 2. The molecule has 0 aromatic heterocycles. The van der Waals surface area contributed by atoms with Crippen LogP contribution in [0, 0.1) is 0 Å². The van der Waals surface area contributed by atoms with Gasteiger partial charge in [0.2, 0.25) is 23.6 Å². The summed E-state index contributed by atoms with van der Waals surface area (Å²) < 4.78 is 23.1.